The van der Waals surface area contributed by atoms with E-state index in [1.54, 1.807) is 36.4 Å². The van der Waals surface area contributed by atoms with Crippen molar-refractivity contribution in [2.75, 3.05) is 31.1 Å². The number of carbonyl (C=O) groups excluding carboxylic acids is 1. The molecular formula is C27H22F3N7O3. The minimum absolute atomic E-state index is 0.124. The number of carbonyl (C=O) groups is 1. The largest absolute Gasteiger partial charge is 0.417 e. The normalized spacial score (nSPS) is 14.3. The van der Waals surface area contributed by atoms with Crippen molar-refractivity contribution in [3.8, 4) is 0 Å². The lowest BCUT2D eigenvalue weighted by molar-refractivity contribution is -0.138. The second-order valence-corrected chi connectivity index (χ2v) is 9.52. The van der Waals surface area contributed by atoms with Gasteiger partial charge in [0.25, 0.3) is 11.5 Å². The van der Waals surface area contributed by atoms with Crippen LogP contribution in [0.1, 0.15) is 27.2 Å². The Morgan fingerprint density at radius 2 is 1.68 bits per heavy atom. The summed E-state index contributed by atoms with van der Waals surface area (Å²) >= 11 is 0. The van der Waals surface area contributed by atoms with E-state index in [0.717, 1.165) is 6.07 Å². The number of aromatic nitrogens is 5. The highest BCUT2D eigenvalue weighted by molar-refractivity contribution is 5.96. The molecule has 5 aromatic rings. The highest BCUT2D eigenvalue weighted by Crippen LogP contribution is 2.34. The topological polar surface area (TPSA) is 131 Å². The van der Waals surface area contributed by atoms with Gasteiger partial charge in [-0.25, -0.2) is 14.9 Å². The van der Waals surface area contributed by atoms with E-state index >= 15 is 0 Å². The van der Waals surface area contributed by atoms with Gasteiger partial charge in [-0.1, -0.05) is 24.3 Å². The predicted octanol–water partition coefficient (Wildman–Crippen LogP) is 3.06. The fraction of sp³-hybridized carbons (Fsp3) is 0.222. The number of amides is 1. The lowest BCUT2D eigenvalue weighted by Crippen LogP contribution is -2.49. The lowest BCUT2D eigenvalue weighted by Gasteiger charge is -2.35. The number of aromatic amines is 3. The van der Waals surface area contributed by atoms with Crippen LogP contribution in [0.3, 0.4) is 0 Å². The van der Waals surface area contributed by atoms with E-state index in [1.807, 2.05) is 4.90 Å². The van der Waals surface area contributed by atoms with Crippen LogP contribution in [0.15, 0.2) is 64.2 Å². The highest BCUT2D eigenvalue weighted by Gasteiger charge is 2.37. The molecule has 6 rings (SSSR count). The number of halogens is 3. The number of anilines is 1. The SMILES string of the molecule is O=C(c1cc(Cc2n[nH]c(=O)c3ccccc23)ccc1C(F)(F)F)N1CCN(c2ccc3[nH]c(=O)[nH]c3n2)CC1. The van der Waals surface area contributed by atoms with Crippen molar-refractivity contribution in [3.63, 3.8) is 0 Å². The number of nitrogens with zero attached hydrogens (tertiary/aromatic N) is 4. The first-order valence-electron chi connectivity index (χ1n) is 12.5. The van der Waals surface area contributed by atoms with Gasteiger partial charge in [0.15, 0.2) is 5.65 Å². The van der Waals surface area contributed by atoms with E-state index in [4.69, 9.17) is 0 Å². The zero-order chi connectivity index (χ0) is 28.0. The molecule has 0 atom stereocenters. The van der Waals surface area contributed by atoms with Crippen molar-refractivity contribution in [3.05, 3.63) is 97.8 Å². The molecule has 40 heavy (non-hydrogen) atoms. The maximum Gasteiger partial charge on any atom is 0.417 e. The quantitative estimate of drug-likeness (QED) is 0.316. The Morgan fingerprint density at radius 1 is 0.925 bits per heavy atom. The second-order valence-electron chi connectivity index (χ2n) is 9.52. The number of rotatable bonds is 4. The third-order valence-corrected chi connectivity index (χ3v) is 7.02. The molecule has 1 saturated heterocycles. The summed E-state index contributed by atoms with van der Waals surface area (Å²) in [4.78, 5) is 50.0. The maximum absolute atomic E-state index is 13.9. The summed E-state index contributed by atoms with van der Waals surface area (Å²) in [7, 11) is 0. The van der Waals surface area contributed by atoms with Crippen LogP contribution < -0.4 is 16.1 Å². The molecule has 10 nitrogen and oxygen atoms in total. The molecule has 0 bridgehead atoms. The van der Waals surface area contributed by atoms with Gasteiger partial charge >= 0.3 is 11.9 Å². The third kappa shape index (κ3) is 4.70. The van der Waals surface area contributed by atoms with Crippen LogP contribution in [0.25, 0.3) is 21.9 Å². The van der Waals surface area contributed by atoms with Gasteiger partial charge in [0.1, 0.15) is 5.82 Å². The summed E-state index contributed by atoms with van der Waals surface area (Å²) in [5.41, 5.74) is -0.277. The summed E-state index contributed by atoms with van der Waals surface area (Å²) in [6.07, 6.45) is -4.60. The number of alkyl halides is 3. The molecule has 3 N–H and O–H groups in total. The summed E-state index contributed by atoms with van der Waals surface area (Å²) < 4.78 is 41.8. The first-order chi connectivity index (χ1) is 19.2. The predicted molar refractivity (Wildman–Crippen MR) is 141 cm³/mol. The summed E-state index contributed by atoms with van der Waals surface area (Å²) in [6, 6.07) is 13.8. The van der Waals surface area contributed by atoms with E-state index in [-0.39, 0.29) is 30.8 Å². The average molecular weight is 550 g/mol. The van der Waals surface area contributed by atoms with E-state index < -0.39 is 23.2 Å². The fourth-order valence-electron chi connectivity index (χ4n) is 5.02. The van der Waals surface area contributed by atoms with Crippen molar-refractivity contribution in [2.45, 2.75) is 12.6 Å². The van der Waals surface area contributed by atoms with Crippen molar-refractivity contribution in [1.82, 2.24) is 30.0 Å². The van der Waals surface area contributed by atoms with Crippen LogP contribution in [0, 0.1) is 0 Å². The van der Waals surface area contributed by atoms with E-state index in [0.29, 0.717) is 52.1 Å². The van der Waals surface area contributed by atoms with Gasteiger partial charge in [0.05, 0.1) is 27.7 Å². The second kappa shape index (κ2) is 9.67. The van der Waals surface area contributed by atoms with Gasteiger partial charge in [-0.05, 0) is 35.9 Å². The van der Waals surface area contributed by atoms with Crippen molar-refractivity contribution in [2.24, 2.45) is 0 Å². The molecule has 1 aliphatic heterocycles. The number of nitrogens with one attached hydrogen (secondary N) is 3. The minimum atomic E-state index is -4.72. The molecule has 13 heteroatoms. The fourth-order valence-corrected chi connectivity index (χ4v) is 5.02. The van der Waals surface area contributed by atoms with Crippen LogP contribution >= 0.6 is 0 Å². The van der Waals surface area contributed by atoms with E-state index in [1.165, 1.54) is 17.0 Å². The van der Waals surface area contributed by atoms with Crippen LogP contribution in [0.2, 0.25) is 0 Å². The number of H-pyrrole nitrogens is 3. The highest BCUT2D eigenvalue weighted by atomic mass is 19.4. The minimum Gasteiger partial charge on any atom is -0.353 e. The lowest BCUT2D eigenvalue weighted by atomic mass is 9.98. The first kappa shape index (κ1) is 25.3. The molecule has 204 valence electrons. The molecule has 0 spiro atoms. The third-order valence-electron chi connectivity index (χ3n) is 7.02. The van der Waals surface area contributed by atoms with Crippen molar-refractivity contribution < 1.29 is 18.0 Å². The number of imidazole rings is 1. The standard InChI is InChI=1S/C27H22F3N7O3/c28-27(29,30)19-6-5-15(14-21-16-3-1-2-4-17(16)24(38)35-34-21)13-18(19)25(39)37-11-9-36(10-12-37)22-8-7-20-23(32-22)33-26(40)31-20/h1-8,13H,9-12,14H2,(H,35,38)(H2,31,32,33,40). The summed E-state index contributed by atoms with van der Waals surface area (Å²) in [5.74, 6) is -0.125. The van der Waals surface area contributed by atoms with Crippen molar-refractivity contribution in [1.29, 1.82) is 0 Å². The number of piperazine rings is 1. The Bertz CT molecular complexity index is 1870. The Morgan fingerprint density at radius 3 is 2.42 bits per heavy atom. The number of fused-ring (bicyclic) bond motifs is 2. The van der Waals surface area contributed by atoms with Crippen LogP contribution in [-0.4, -0.2) is 62.1 Å². The molecule has 0 aliphatic carbocycles. The summed E-state index contributed by atoms with van der Waals surface area (Å²) in [6.45, 7) is 1.09. The first-order valence-corrected chi connectivity index (χ1v) is 12.5. The molecule has 3 aromatic heterocycles. The van der Waals surface area contributed by atoms with Crippen LogP contribution in [0.5, 0.6) is 0 Å². The molecule has 1 aliphatic rings. The Balaban J connectivity index is 1.25. The van der Waals surface area contributed by atoms with Crippen LogP contribution in [0.4, 0.5) is 19.0 Å². The number of pyridine rings is 1. The number of hydrogen-bond donors (Lipinski definition) is 3. The zero-order valence-corrected chi connectivity index (χ0v) is 20.9. The Kier molecular flexibility index (Phi) is 6.12. The molecule has 1 amide bonds. The molecule has 0 unspecified atom stereocenters. The maximum atomic E-state index is 13.9. The van der Waals surface area contributed by atoms with E-state index in [9.17, 15) is 27.6 Å². The zero-order valence-electron chi connectivity index (χ0n) is 20.9. The Hall–Kier alpha value is -4.94. The molecular weight excluding hydrogens is 527 g/mol. The molecule has 1 fully saturated rings. The van der Waals surface area contributed by atoms with E-state index in [2.05, 4.69) is 25.1 Å². The molecule has 0 saturated carbocycles. The molecule has 2 aromatic carbocycles. The summed E-state index contributed by atoms with van der Waals surface area (Å²) in [5, 5.41) is 7.54. The van der Waals surface area contributed by atoms with Gasteiger partial charge in [0, 0.05) is 38.0 Å². The van der Waals surface area contributed by atoms with Gasteiger partial charge < -0.3 is 14.8 Å². The van der Waals surface area contributed by atoms with Gasteiger partial charge in [-0.3, -0.25) is 14.6 Å². The smallest absolute Gasteiger partial charge is 0.353 e. The molecule has 0 radical (unpaired) electrons. The average Bonchev–Trinajstić information content (AvgIpc) is 3.33. The number of hydrogen-bond acceptors (Lipinski definition) is 6. The number of benzene rings is 2. The van der Waals surface area contributed by atoms with Crippen molar-refractivity contribution >= 4 is 33.7 Å². The van der Waals surface area contributed by atoms with Gasteiger partial charge in [-0.15, -0.1) is 0 Å². The van der Waals surface area contributed by atoms with Gasteiger partial charge in [-0.2, -0.15) is 18.3 Å². The van der Waals surface area contributed by atoms with Gasteiger partial charge in [0.2, 0.25) is 0 Å². The monoisotopic (exact) mass is 549 g/mol. The van der Waals surface area contributed by atoms with Crippen LogP contribution in [-0.2, 0) is 12.6 Å². The Labute approximate surface area is 223 Å². The molecule has 4 heterocycles.